The van der Waals surface area contributed by atoms with Crippen molar-refractivity contribution in [2.45, 2.75) is 51.8 Å². The highest BCUT2D eigenvalue weighted by Crippen LogP contribution is 2.19. The van der Waals surface area contributed by atoms with Crippen LogP contribution in [0.1, 0.15) is 55.7 Å². The van der Waals surface area contributed by atoms with Gasteiger partial charge in [-0.3, -0.25) is 0 Å². The molecule has 0 aliphatic heterocycles. The SMILES string of the molecule is CC(C)c1nc(CNC(=O)N[C@@H](C)C[C@H](O)c2ccco2)cs1. The van der Waals surface area contributed by atoms with Gasteiger partial charge < -0.3 is 20.2 Å². The van der Waals surface area contributed by atoms with Gasteiger partial charge in [0.25, 0.3) is 0 Å². The summed E-state index contributed by atoms with van der Waals surface area (Å²) >= 11 is 1.60. The van der Waals surface area contributed by atoms with Crippen LogP contribution >= 0.6 is 11.3 Å². The molecule has 0 radical (unpaired) electrons. The lowest BCUT2D eigenvalue weighted by Gasteiger charge is -2.17. The molecule has 6 nitrogen and oxygen atoms in total. The predicted octanol–water partition coefficient (Wildman–Crippen LogP) is 3.17. The van der Waals surface area contributed by atoms with Crippen LogP contribution < -0.4 is 10.6 Å². The number of nitrogens with zero attached hydrogens (tertiary/aromatic N) is 1. The quantitative estimate of drug-likeness (QED) is 0.724. The van der Waals surface area contributed by atoms with Crippen LogP contribution in [-0.4, -0.2) is 22.2 Å². The van der Waals surface area contributed by atoms with Gasteiger partial charge in [-0.25, -0.2) is 9.78 Å². The predicted molar refractivity (Wildman–Crippen MR) is 89.3 cm³/mol. The van der Waals surface area contributed by atoms with Gasteiger partial charge in [-0.05, 0) is 19.1 Å². The molecule has 0 aliphatic carbocycles. The molecule has 126 valence electrons. The number of aliphatic hydroxyl groups excluding tert-OH is 1. The van der Waals surface area contributed by atoms with E-state index in [1.54, 1.807) is 23.5 Å². The van der Waals surface area contributed by atoms with Crippen molar-refractivity contribution in [1.82, 2.24) is 15.6 Å². The maximum absolute atomic E-state index is 11.9. The lowest BCUT2D eigenvalue weighted by molar-refractivity contribution is 0.129. The first-order valence-electron chi connectivity index (χ1n) is 7.65. The third kappa shape index (κ3) is 5.37. The zero-order valence-corrected chi connectivity index (χ0v) is 14.4. The molecule has 0 saturated carbocycles. The summed E-state index contributed by atoms with van der Waals surface area (Å²) in [5.41, 5.74) is 0.858. The molecule has 0 aromatic carbocycles. The van der Waals surface area contributed by atoms with Crippen LogP contribution in [0.25, 0.3) is 0 Å². The molecular weight excluding hydrogens is 314 g/mol. The minimum absolute atomic E-state index is 0.184. The average molecular weight is 337 g/mol. The first-order valence-corrected chi connectivity index (χ1v) is 8.53. The number of rotatable bonds is 7. The number of amides is 2. The molecule has 0 spiro atoms. The van der Waals surface area contributed by atoms with E-state index in [4.69, 9.17) is 4.42 Å². The van der Waals surface area contributed by atoms with Gasteiger partial charge in [-0.15, -0.1) is 11.3 Å². The standard InChI is InChI=1S/C16H23N3O3S/c1-10(2)15-19-12(9-23-15)8-17-16(21)18-11(3)7-13(20)14-5-4-6-22-14/h4-6,9-11,13,20H,7-8H2,1-3H3,(H2,17,18,21)/t11-,13-/m0/s1. The number of aromatic nitrogens is 1. The number of furan rings is 1. The number of carbonyl (C=O) groups excluding carboxylic acids is 1. The van der Waals surface area contributed by atoms with Crippen LogP contribution in [0, 0.1) is 0 Å². The van der Waals surface area contributed by atoms with E-state index in [0.29, 0.717) is 24.6 Å². The van der Waals surface area contributed by atoms with E-state index in [1.807, 2.05) is 12.3 Å². The molecule has 2 amide bonds. The fourth-order valence-corrected chi connectivity index (χ4v) is 2.94. The molecule has 2 aromatic heterocycles. The molecule has 2 heterocycles. The van der Waals surface area contributed by atoms with Crippen LogP contribution in [0.4, 0.5) is 4.79 Å². The number of urea groups is 1. The van der Waals surface area contributed by atoms with Crippen molar-refractivity contribution < 1.29 is 14.3 Å². The number of thiazole rings is 1. The number of aliphatic hydroxyl groups is 1. The van der Waals surface area contributed by atoms with Gasteiger partial charge in [-0.1, -0.05) is 13.8 Å². The van der Waals surface area contributed by atoms with E-state index in [2.05, 4.69) is 29.5 Å². The molecular formula is C16H23N3O3S. The van der Waals surface area contributed by atoms with Crippen molar-refractivity contribution in [3.8, 4) is 0 Å². The summed E-state index contributed by atoms with van der Waals surface area (Å²) in [5.74, 6) is 0.897. The third-order valence-corrected chi connectivity index (χ3v) is 4.51. The highest BCUT2D eigenvalue weighted by Gasteiger charge is 2.16. The van der Waals surface area contributed by atoms with Crippen molar-refractivity contribution in [2.75, 3.05) is 0 Å². The minimum Gasteiger partial charge on any atom is -0.467 e. The van der Waals surface area contributed by atoms with E-state index in [-0.39, 0.29) is 12.1 Å². The Morgan fingerprint density at radius 2 is 2.22 bits per heavy atom. The summed E-state index contributed by atoms with van der Waals surface area (Å²) < 4.78 is 5.14. The monoisotopic (exact) mass is 337 g/mol. The Bertz CT molecular complexity index is 610. The molecule has 3 N–H and O–H groups in total. The lowest BCUT2D eigenvalue weighted by Crippen LogP contribution is -2.41. The fourth-order valence-electron chi connectivity index (χ4n) is 2.11. The van der Waals surface area contributed by atoms with Crippen LogP contribution in [0.5, 0.6) is 0 Å². The first-order chi connectivity index (χ1) is 11.0. The van der Waals surface area contributed by atoms with E-state index in [0.717, 1.165) is 10.7 Å². The van der Waals surface area contributed by atoms with Crippen LogP contribution in [0.2, 0.25) is 0 Å². The topological polar surface area (TPSA) is 87.4 Å². The Hall–Kier alpha value is -1.86. The van der Waals surface area contributed by atoms with E-state index in [9.17, 15) is 9.90 Å². The van der Waals surface area contributed by atoms with Crippen LogP contribution in [0.15, 0.2) is 28.2 Å². The lowest BCUT2D eigenvalue weighted by atomic mass is 10.1. The molecule has 2 atom stereocenters. The van der Waals surface area contributed by atoms with Crippen LogP contribution in [0.3, 0.4) is 0 Å². The molecule has 2 rings (SSSR count). The maximum Gasteiger partial charge on any atom is 0.315 e. The van der Waals surface area contributed by atoms with Crippen molar-refractivity contribution in [3.05, 3.63) is 40.2 Å². The summed E-state index contributed by atoms with van der Waals surface area (Å²) in [6.07, 6.45) is 1.17. The number of nitrogens with one attached hydrogen (secondary N) is 2. The Kier molecular flexibility index (Phi) is 6.18. The summed E-state index contributed by atoms with van der Waals surface area (Å²) in [4.78, 5) is 16.4. The Morgan fingerprint density at radius 1 is 1.43 bits per heavy atom. The molecule has 23 heavy (non-hydrogen) atoms. The molecule has 0 saturated heterocycles. The smallest absolute Gasteiger partial charge is 0.315 e. The van der Waals surface area contributed by atoms with Gasteiger partial charge in [0, 0.05) is 23.8 Å². The molecule has 0 aliphatic rings. The minimum atomic E-state index is -0.729. The average Bonchev–Trinajstić information content (AvgIpc) is 3.16. The van der Waals surface area contributed by atoms with Gasteiger partial charge in [-0.2, -0.15) is 0 Å². The van der Waals surface area contributed by atoms with Gasteiger partial charge >= 0.3 is 6.03 Å². The molecule has 0 bridgehead atoms. The van der Waals surface area contributed by atoms with Crippen molar-refractivity contribution in [2.24, 2.45) is 0 Å². The number of carbonyl (C=O) groups is 1. The molecule has 0 unspecified atom stereocenters. The summed E-state index contributed by atoms with van der Waals surface area (Å²) in [5, 5.41) is 18.6. The number of hydrogen-bond donors (Lipinski definition) is 3. The Morgan fingerprint density at radius 3 is 2.83 bits per heavy atom. The largest absolute Gasteiger partial charge is 0.467 e. The highest BCUT2D eigenvalue weighted by molar-refractivity contribution is 7.09. The molecule has 7 heteroatoms. The second kappa shape index (κ2) is 8.12. The van der Waals surface area contributed by atoms with Gasteiger partial charge in [0.1, 0.15) is 11.9 Å². The second-order valence-electron chi connectivity index (χ2n) is 5.83. The van der Waals surface area contributed by atoms with Gasteiger partial charge in [0.05, 0.1) is 23.5 Å². The van der Waals surface area contributed by atoms with Gasteiger partial charge in [0.2, 0.25) is 0 Å². The first kappa shape index (κ1) is 17.5. The van der Waals surface area contributed by atoms with E-state index in [1.165, 1.54) is 6.26 Å². The normalized spacial score (nSPS) is 13.8. The highest BCUT2D eigenvalue weighted by atomic mass is 32.1. The van der Waals surface area contributed by atoms with Crippen molar-refractivity contribution >= 4 is 17.4 Å². The Labute approximate surface area is 139 Å². The van der Waals surface area contributed by atoms with Crippen LogP contribution in [-0.2, 0) is 6.54 Å². The van der Waals surface area contributed by atoms with Crippen molar-refractivity contribution in [3.63, 3.8) is 0 Å². The fraction of sp³-hybridized carbons (Fsp3) is 0.500. The summed E-state index contributed by atoms with van der Waals surface area (Å²) in [6.45, 7) is 6.41. The zero-order chi connectivity index (χ0) is 16.8. The zero-order valence-electron chi connectivity index (χ0n) is 13.6. The molecule has 2 aromatic rings. The second-order valence-corrected chi connectivity index (χ2v) is 6.72. The number of hydrogen-bond acceptors (Lipinski definition) is 5. The summed E-state index contributed by atoms with van der Waals surface area (Å²) in [6, 6.07) is 2.98. The molecule has 0 fully saturated rings. The third-order valence-electron chi connectivity index (χ3n) is 3.32. The Balaban J connectivity index is 1.73. The van der Waals surface area contributed by atoms with E-state index >= 15 is 0 Å². The summed E-state index contributed by atoms with van der Waals surface area (Å²) in [7, 11) is 0. The van der Waals surface area contributed by atoms with Gasteiger partial charge in [0.15, 0.2) is 0 Å². The van der Waals surface area contributed by atoms with Crippen molar-refractivity contribution in [1.29, 1.82) is 0 Å². The maximum atomic E-state index is 11.9. The van der Waals surface area contributed by atoms with E-state index < -0.39 is 6.10 Å².